The number of pyridine rings is 1. The van der Waals surface area contributed by atoms with Gasteiger partial charge in [-0.1, -0.05) is 6.07 Å². The van der Waals surface area contributed by atoms with Gasteiger partial charge in [0.15, 0.2) is 0 Å². The van der Waals surface area contributed by atoms with Gasteiger partial charge in [-0.25, -0.2) is 4.98 Å². The third kappa shape index (κ3) is 3.58. The zero-order chi connectivity index (χ0) is 17.1. The molecule has 0 aromatic carbocycles. The Bertz CT molecular complexity index is 833. The molecule has 0 atom stereocenters. The number of anilines is 2. The van der Waals surface area contributed by atoms with E-state index in [-0.39, 0.29) is 5.91 Å². The second-order valence-corrected chi connectivity index (χ2v) is 7.18. The van der Waals surface area contributed by atoms with Crippen molar-refractivity contribution in [3.63, 3.8) is 0 Å². The van der Waals surface area contributed by atoms with Crippen molar-refractivity contribution in [1.29, 1.82) is 0 Å². The number of nitrogens with zero attached hydrogens (tertiary/aromatic N) is 3. The van der Waals surface area contributed by atoms with E-state index in [1.807, 2.05) is 52.7 Å². The average Bonchev–Trinajstić information content (AvgIpc) is 3.39. The van der Waals surface area contributed by atoms with Gasteiger partial charge < -0.3 is 14.8 Å². The summed E-state index contributed by atoms with van der Waals surface area (Å²) < 4.78 is 1.96. The van der Waals surface area contributed by atoms with E-state index in [2.05, 4.69) is 21.3 Å². The number of hydrogen-bond acceptors (Lipinski definition) is 4. The third-order valence-electron chi connectivity index (χ3n) is 4.43. The maximum absolute atomic E-state index is 12.6. The molecule has 1 aliphatic rings. The minimum absolute atomic E-state index is 0.136. The fourth-order valence-corrected chi connectivity index (χ4v) is 3.83. The van der Waals surface area contributed by atoms with Crippen LogP contribution >= 0.6 is 11.3 Å². The van der Waals surface area contributed by atoms with Gasteiger partial charge in [-0.2, -0.15) is 0 Å². The van der Waals surface area contributed by atoms with Crippen LogP contribution in [0.3, 0.4) is 0 Å². The van der Waals surface area contributed by atoms with Crippen LogP contribution in [0.2, 0.25) is 0 Å². The van der Waals surface area contributed by atoms with Crippen molar-refractivity contribution in [3.05, 3.63) is 64.7 Å². The normalized spacial score (nSPS) is 14.0. The molecule has 1 amide bonds. The maximum atomic E-state index is 12.6. The Morgan fingerprint density at radius 3 is 2.76 bits per heavy atom. The lowest BCUT2D eigenvalue weighted by Crippen LogP contribution is -2.19. The molecule has 0 aliphatic carbocycles. The summed E-state index contributed by atoms with van der Waals surface area (Å²) in [7, 11) is 0. The molecule has 0 saturated carbocycles. The summed E-state index contributed by atoms with van der Waals surface area (Å²) in [5.41, 5.74) is 1.76. The first kappa shape index (κ1) is 15.9. The Morgan fingerprint density at radius 1 is 1.16 bits per heavy atom. The lowest BCUT2D eigenvalue weighted by Gasteiger charge is -2.17. The first-order valence-electron chi connectivity index (χ1n) is 8.49. The molecule has 25 heavy (non-hydrogen) atoms. The summed E-state index contributed by atoms with van der Waals surface area (Å²) >= 11 is 1.69. The van der Waals surface area contributed by atoms with E-state index in [0.29, 0.717) is 18.1 Å². The summed E-state index contributed by atoms with van der Waals surface area (Å²) in [4.78, 5) is 20.5. The molecular formula is C19H20N4OS. The van der Waals surface area contributed by atoms with Crippen LogP contribution in [0.4, 0.5) is 11.5 Å². The van der Waals surface area contributed by atoms with Crippen molar-refractivity contribution in [1.82, 2.24) is 9.55 Å². The summed E-state index contributed by atoms with van der Waals surface area (Å²) in [6.07, 6.45) is 6.24. The number of carbonyl (C=O) groups is 1. The molecule has 1 fully saturated rings. The van der Waals surface area contributed by atoms with Gasteiger partial charge in [-0.05, 0) is 48.6 Å². The molecule has 6 heteroatoms. The van der Waals surface area contributed by atoms with Gasteiger partial charge in [0, 0.05) is 24.2 Å². The minimum atomic E-state index is -0.136. The Kier molecular flexibility index (Phi) is 4.52. The minimum Gasteiger partial charge on any atom is -0.370 e. The van der Waals surface area contributed by atoms with Crippen molar-refractivity contribution in [2.24, 2.45) is 0 Å². The van der Waals surface area contributed by atoms with Crippen molar-refractivity contribution >= 4 is 28.7 Å². The Labute approximate surface area is 150 Å². The Morgan fingerprint density at radius 2 is 2.04 bits per heavy atom. The molecule has 3 aromatic heterocycles. The van der Waals surface area contributed by atoms with Crippen molar-refractivity contribution in [2.75, 3.05) is 23.3 Å². The topological polar surface area (TPSA) is 50.2 Å². The summed E-state index contributed by atoms with van der Waals surface area (Å²) in [5, 5.41) is 4.94. The number of carbonyl (C=O) groups excluding carboxylic acids is 1. The van der Waals surface area contributed by atoms with Crippen LogP contribution in [0.15, 0.2) is 54.2 Å². The second kappa shape index (κ2) is 7.11. The molecule has 128 valence electrons. The Balaban J connectivity index is 1.44. The number of amides is 1. The van der Waals surface area contributed by atoms with Crippen LogP contribution < -0.4 is 10.2 Å². The molecule has 0 radical (unpaired) electrons. The zero-order valence-corrected chi connectivity index (χ0v) is 14.7. The molecule has 4 heterocycles. The third-order valence-corrected chi connectivity index (χ3v) is 5.29. The first-order chi connectivity index (χ1) is 12.3. The summed E-state index contributed by atoms with van der Waals surface area (Å²) in [6, 6.07) is 11.7. The molecule has 5 nitrogen and oxygen atoms in total. The Hall–Kier alpha value is -2.60. The van der Waals surface area contributed by atoms with E-state index in [4.69, 9.17) is 0 Å². The molecule has 0 bridgehead atoms. The predicted molar refractivity (Wildman–Crippen MR) is 101 cm³/mol. The number of hydrogen-bond donors (Lipinski definition) is 1. The van der Waals surface area contributed by atoms with E-state index >= 15 is 0 Å². The molecule has 1 aliphatic heterocycles. The van der Waals surface area contributed by atoms with Crippen LogP contribution in [0, 0.1) is 0 Å². The monoisotopic (exact) mass is 352 g/mol. The number of rotatable bonds is 5. The average molecular weight is 352 g/mol. The van der Waals surface area contributed by atoms with Gasteiger partial charge in [0.1, 0.15) is 11.5 Å². The number of nitrogens with one attached hydrogen (secondary N) is 1. The molecule has 0 spiro atoms. The lowest BCUT2D eigenvalue weighted by molar-refractivity contribution is 0.101. The van der Waals surface area contributed by atoms with Crippen molar-refractivity contribution < 1.29 is 4.79 Å². The van der Waals surface area contributed by atoms with Crippen LogP contribution in [-0.4, -0.2) is 28.5 Å². The van der Waals surface area contributed by atoms with E-state index in [0.717, 1.165) is 18.8 Å². The predicted octanol–water partition coefficient (Wildman–Crippen LogP) is 3.85. The fraction of sp³-hybridized carbons (Fsp3) is 0.263. The highest BCUT2D eigenvalue weighted by atomic mass is 32.1. The first-order valence-corrected chi connectivity index (χ1v) is 9.37. The highest BCUT2D eigenvalue weighted by Crippen LogP contribution is 2.20. The van der Waals surface area contributed by atoms with Gasteiger partial charge in [-0.15, -0.1) is 11.3 Å². The van der Waals surface area contributed by atoms with Gasteiger partial charge in [0.2, 0.25) is 0 Å². The number of thiophene rings is 1. The largest absolute Gasteiger partial charge is 0.370 e. The lowest BCUT2D eigenvalue weighted by atomic mass is 10.3. The quantitative estimate of drug-likeness (QED) is 0.759. The fourth-order valence-electron chi connectivity index (χ4n) is 3.13. The smallest absolute Gasteiger partial charge is 0.273 e. The molecule has 1 saturated heterocycles. The molecule has 0 unspecified atom stereocenters. The zero-order valence-electron chi connectivity index (χ0n) is 13.9. The van der Waals surface area contributed by atoms with Crippen molar-refractivity contribution in [2.45, 2.75) is 19.4 Å². The molecule has 3 aromatic rings. The SMILES string of the molecule is O=C(Nc1ccc(N2CCCC2)cn1)c1cccn1Cc1cccs1. The van der Waals surface area contributed by atoms with Crippen LogP contribution in [-0.2, 0) is 6.54 Å². The second-order valence-electron chi connectivity index (χ2n) is 6.15. The highest BCUT2D eigenvalue weighted by Gasteiger charge is 2.14. The molecule has 4 rings (SSSR count). The van der Waals surface area contributed by atoms with Crippen LogP contribution in [0.1, 0.15) is 28.2 Å². The standard InChI is InChI=1S/C19H20N4OS/c24-19(17-6-3-11-23(17)14-16-5-4-12-25-16)21-18-8-7-15(13-20-18)22-9-1-2-10-22/h3-8,11-13H,1-2,9-10,14H2,(H,20,21,24). The van der Waals surface area contributed by atoms with E-state index in [1.54, 1.807) is 11.3 Å². The van der Waals surface area contributed by atoms with Crippen molar-refractivity contribution in [3.8, 4) is 0 Å². The van der Waals surface area contributed by atoms with Crippen LogP contribution in [0.25, 0.3) is 0 Å². The molecular weight excluding hydrogens is 332 g/mol. The van der Waals surface area contributed by atoms with Crippen LogP contribution in [0.5, 0.6) is 0 Å². The van der Waals surface area contributed by atoms with E-state index < -0.39 is 0 Å². The van der Waals surface area contributed by atoms with Gasteiger partial charge in [0.25, 0.3) is 5.91 Å². The van der Waals surface area contributed by atoms with Gasteiger partial charge >= 0.3 is 0 Å². The number of aromatic nitrogens is 2. The molecule has 1 N–H and O–H groups in total. The maximum Gasteiger partial charge on any atom is 0.273 e. The van der Waals surface area contributed by atoms with E-state index in [1.165, 1.54) is 17.7 Å². The van der Waals surface area contributed by atoms with Gasteiger partial charge in [0.05, 0.1) is 18.4 Å². The highest BCUT2D eigenvalue weighted by molar-refractivity contribution is 7.09. The van der Waals surface area contributed by atoms with E-state index in [9.17, 15) is 4.79 Å². The summed E-state index contributed by atoms with van der Waals surface area (Å²) in [5.74, 6) is 0.444. The van der Waals surface area contributed by atoms with Gasteiger partial charge in [-0.3, -0.25) is 4.79 Å². The summed E-state index contributed by atoms with van der Waals surface area (Å²) in [6.45, 7) is 2.88.